The number of piperazine rings is 1. The number of hydrogen-bond acceptors (Lipinski definition) is 7. The molecule has 1 fully saturated rings. The molecule has 0 radical (unpaired) electrons. The van der Waals surface area contributed by atoms with Gasteiger partial charge in [-0.3, -0.25) is 9.78 Å². The number of hydrogen-bond donors (Lipinski definition) is 2. The van der Waals surface area contributed by atoms with Crippen LogP contribution >= 0.6 is 0 Å². The first-order valence-corrected chi connectivity index (χ1v) is 8.29. The number of pyridine rings is 1. The van der Waals surface area contributed by atoms with Gasteiger partial charge in [0.05, 0.1) is 31.5 Å². The third kappa shape index (κ3) is 4.87. The zero-order valence-corrected chi connectivity index (χ0v) is 14.2. The molecule has 0 spiro atoms. The monoisotopic (exact) mass is 342 g/mol. The fourth-order valence-corrected chi connectivity index (χ4v) is 2.58. The Kier molecular flexibility index (Phi) is 5.73. The lowest BCUT2D eigenvalue weighted by molar-refractivity contribution is -0.120. The summed E-state index contributed by atoms with van der Waals surface area (Å²) in [6.07, 6.45) is 1.88. The number of carbonyl (C=O) groups is 1. The summed E-state index contributed by atoms with van der Waals surface area (Å²) in [5, 5.41) is 6.15. The Hall–Kier alpha value is -2.74. The van der Waals surface area contributed by atoms with E-state index in [1.165, 1.54) is 0 Å². The van der Waals surface area contributed by atoms with E-state index in [0.29, 0.717) is 24.1 Å². The van der Waals surface area contributed by atoms with Gasteiger partial charge in [-0.2, -0.15) is 4.98 Å². The summed E-state index contributed by atoms with van der Waals surface area (Å²) < 4.78 is 5.26. The summed E-state index contributed by atoms with van der Waals surface area (Å²) in [6, 6.07) is 7.31. The summed E-state index contributed by atoms with van der Waals surface area (Å²) in [5.74, 6) is 0.960. The van der Waals surface area contributed by atoms with Gasteiger partial charge in [-0.15, -0.1) is 0 Å². The second kappa shape index (κ2) is 8.39. The molecule has 2 N–H and O–H groups in total. The summed E-state index contributed by atoms with van der Waals surface area (Å²) in [4.78, 5) is 27.4. The topological polar surface area (TPSA) is 92.3 Å². The van der Waals surface area contributed by atoms with Gasteiger partial charge in [0, 0.05) is 38.4 Å². The molecule has 3 heterocycles. The first-order chi connectivity index (χ1) is 12.2. The highest BCUT2D eigenvalue weighted by Gasteiger charge is 2.16. The lowest BCUT2D eigenvalue weighted by Crippen LogP contribution is -2.44. The maximum atomic E-state index is 12.2. The molecule has 0 aromatic carbocycles. The molecule has 0 bridgehead atoms. The summed E-state index contributed by atoms with van der Waals surface area (Å²) in [5.41, 5.74) is 1.46. The Morgan fingerprint density at radius 1 is 1.28 bits per heavy atom. The fourth-order valence-electron chi connectivity index (χ4n) is 2.58. The summed E-state index contributed by atoms with van der Waals surface area (Å²) >= 11 is 0. The molecule has 1 amide bonds. The summed E-state index contributed by atoms with van der Waals surface area (Å²) in [6.45, 7) is 3.84. The van der Waals surface area contributed by atoms with Gasteiger partial charge in [0.15, 0.2) is 0 Å². The van der Waals surface area contributed by atoms with Crippen LogP contribution < -0.4 is 20.3 Å². The van der Waals surface area contributed by atoms with Gasteiger partial charge < -0.3 is 20.3 Å². The first-order valence-electron chi connectivity index (χ1n) is 8.29. The molecule has 2 aromatic rings. The number of aromatic nitrogens is 3. The Balaban J connectivity index is 1.65. The zero-order chi connectivity index (χ0) is 17.5. The van der Waals surface area contributed by atoms with E-state index in [1.54, 1.807) is 19.4 Å². The van der Waals surface area contributed by atoms with Crippen LogP contribution in [0.3, 0.4) is 0 Å². The predicted molar refractivity (Wildman–Crippen MR) is 93.5 cm³/mol. The van der Waals surface area contributed by atoms with Crippen molar-refractivity contribution in [1.29, 1.82) is 0 Å². The highest BCUT2D eigenvalue weighted by molar-refractivity contribution is 5.78. The van der Waals surface area contributed by atoms with Crippen LogP contribution in [-0.2, 0) is 17.8 Å². The van der Waals surface area contributed by atoms with Gasteiger partial charge in [0.2, 0.25) is 17.7 Å². The second-order valence-electron chi connectivity index (χ2n) is 5.71. The maximum absolute atomic E-state index is 12.2. The molecular weight excluding hydrogens is 320 g/mol. The number of anilines is 1. The third-order valence-corrected chi connectivity index (χ3v) is 3.89. The molecule has 1 aliphatic heterocycles. The van der Waals surface area contributed by atoms with Crippen molar-refractivity contribution in [2.75, 3.05) is 38.2 Å². The van der Waals surface area contributed by atoms with E-state index in [0.717, 1.165) is 31.9 Å². The van der Waals surface area contributed by atoms with Crippen molar-refractivity contribution in [3.8, 4) is 5.88 Å². The summed E-state index contributed by atoms with van der Waals surface area (Å²) in [7, 11) is 1.56. The van der Waals surface area contributed by atoms with E-state index in [2.05, 4.69) is 30.5 Å². The Labute approximate surface area is 146 Å². The number of amides is 1. The van der Waals surface area contributed by atoms with Gasteiger partial charge in [0.25, 0.3) is 0 Å². The Bertz CT molecular complexity index is 704. The quantitative estimate of drug-likeness (QED) is 0.772. The van der Waals surface area contributed by atoms with Crippen molar-refractivity contribution in [1.82, 2.24) is 25.6 Å². The predicted octanol–water partition coefficient (Wildman–Crippen LogP) is 0.149. The standard InChI is InChI=1S/C17H22N6O2/c1-25-16-11-14(21-17(22-16)23-8-6-18-7-9-23)10-15(24)20-12-13-4-2-3-5-19-13/h2-5,11,18H,6-10,12H2,1H3,(H,20,24). The molecule has 3 rings (SSSR count). The van der Waals surface area contributed by atoms with Crippen LogP contribution in [0.4, 0.5) is 5.95 Å². The molecule has 1 saturated heterocycles. The van der Waals surface area contributed by atoms with Crippen molar-refractivity contribution >= 4 is 11.9 Å². The average Bonchev–Trinajstić information content (AvgIpc) is 2.67. The minimum absolute atomic E-state index is 0.113. The van der Waals surface area contributed by atoms with Crippen molar-refractivity contribution in [2.45, 2.75) is 13.0 Å². The highest BCUT2D eigenvalue weighted by Crippen LogP contribution is 2.16. The van der Waals surface area contributed by atoms with Gasteiger partial charge in [0.1, 0.15) is 0 Å². The van der Waals surface area contributed by atoms with Crippen molar-refractivity contribution in [2.24, 2.45) is 0 Å². The minimum atomic E-state index is -0.113. The fraction of sp³-hybridized carbons (Fsp3) is 0.412. The van der Waals surface area contributed by atoms with Crippen LogP contribution in [-0.4, -0.2) is 54.1 Å². The first kappa shape index (κ1) is 17.1. The molecule has 0 atom stereocenters. The number of carbonyl (C=O) groups excluding carboxylic acids is 1. The van der Waals surface area contributed by atoms with Gasteiger partial charge in [-0.25, -0.2) is 4.98 Å². The molecule has 8 heteroatoms. The average molecular weight is 342 g/mol. The van der Waals surface area contributed by atoms with Crippen LogP contribution in [0.1, 0.15) is 11.4 Å². The Morgan fingerprint density at radius 2 is 2.12 bits per heavy atom. The SMILES string of the molecule is COc1cc(CC(=O)NCc2ccccn2)nc(N2CCNCC2)n1. The van der Waals surface area contributed by atoms with Crippen LogP contribution in [0.5, 0.6) is 5.88 Å². The van der Waals surface area contributed by atoms with E-state index in [9.17, 15) is 4.79 Å². The van der Waals surface area contributed by atoms with E-state index in [4.69, 9.17) is 4.74 Å². The lowest BCUT2D eigenvalue weighted by Gasteiger charge is -2.27. The molecule has 25 heavy (non-hydrogen) atoms. The minimum Gasteiger partial charge on any atom is -0.481 e. The van der Waals surface area contributed by atoms with Crippen molar-refractivity contribution < 1.29 is 9.53 Å². The normalized spacial score (nSPS) is 14.2. The van der Waals surface area contributed by atoms with Gasteiger partial charge >= 0.3 is 0 Å². The van der Waals surface area contributed by atoms with E-state index >= 15 is 0 Å². The largest absolute Gasteiger partial charge is 0.481 e. The third-order valence-electron chi connectivity index (χ3n) is 3.89. The molecule has 8 nitrogen and oxygen atoms in total. The van der Waals surface area contributed by atoms with Crippen LogP contribution in [0.2, 0.25) is 0 Å². The number of methoxy groups -OCH3 is 1. The molecule has 2 aromatic heterocycles. The van der Waals surface area contributed by atoms with Crippen molar-refractivity contribution in [3.63, 3.8) is 0 Å². The number of ether oxygens (including phenoxy) is 1. The van der Waals surface area contributed by atoms with Gasteiger partial charge in [-0.05, 0) is 12.1 Å². The number of nitrogens with one attached hydrogen (secondary N) is 2. The van der Waals surface area contributed by atoms with Crippen LogP contribution in [0.15, 0.2) is 30.5 Å². The van der Waals surface area contributed by atoms with Crippen LogP contribution in [0.25, 0.3) is 0 Å². The van der Waals surface area contributed by atoms with Gasteiger partial charge in [-0.1, -0.05) is 6.07 Å². The van der Waals surface area contributed by atoms with E-state index < -0.39 is 0 Å². The molecule has 1 aliphatic rings. The maximum Gasteiger partial charge on any atom is 0.228 e. The molecule has 0 unspecified atom stereocenters. The lowest BCUT2D eigenvalue weighted by atomic mass is 10.2. The zero-order valence-electron chi connectivity index (χ0n) is 14.2. The van der Waals surface area contributed by atoms with Crippen molar-refractivity contribution in [3.05, 3.63) is 41.9 Å². The molecular formula is C17H22N6O2. The van der Waals surface area contributed by atoms with E-state index in [1.807, 2.05) is 18.2 Å². The molecule has 0 aliphatic carbocycles. The molecule has 132 valence electrons. The Morgan fingerprint density at radius 3 is 2.84 bits per heavy atom. The smallest absolute Gasteiger partial charge is 0.228 e. The number of nitrogens with zero attached hydrogens (tertiary/aromatic N) is 4. The highest BCUT2D eigenvalue weighted by atomic mass is 16.5. The molecule has 0 saturated carbocycles. The number of rotatable bonds is 6. The van der Waals surface area contributed by atoms with E-state index in [-0.39, 0.29) is 12.3 Å². The second-order valence-corrected chi connectivity index (χ2v) is 5.71. The van der Waals surface area contributed by atoms with Crippen LogP contribution in [0, 0.1) is 0 Å².